The summed E-state index contributed by atoms with van der Waals surface area (Å²) in [5.74, 6) is 0. The molecule has 1 aromatic carbocycles. The van der Waals surface area contributed by atoms with E-state index in [1.165, 1.54) is 5.56 Å². The van der Waals surface area contributed by atoms with E-state index >= 15 is 0 Å². The SMILES string of the molecule is CC(C)(C)OC(=O)N1CCN(Cc2ccccc2)[C@H](CO)C1.Cl. The molecular formula is C17H27ClN2O3. The normalized spacial score (nSPS) is 19.1. The zero-order chi connectivity index (χ0) is 16.2. The summed E-state index contributed by atoms with van der Waals surface area (Å²) in [5.41, 5.74) is 0.721. The summed E-state index contributed by atoms with van der Waals surface area (Å²) < 4.78 is 5.41. The summed E-state index contributed by atoms with van der Waals surface area (Å²) in [4.78, 5) is 16.1. The van der Waals surface area contributed by atoms with Crippen LogP contribution < -0.4 is 0 Å². The van der Waals surface area contributed by atoms with Crippen molar-refractivity contribution < 1.29 is 14.6 Å². The topological polar surface area (TPSA) is 53.0 Å². The first-order chi connectivity index (χ1) is 10.4. The zero-order valence-electron chi connectivity index (χ0n) is 14.1. The van der Waals surface area contributed by atoms with Gasteiger partial charge in [-0.3, -0.25) is 4.90 Å². The molecule has 1 aromatic rings. The number of piperazine rings is 1. The molecule has 0 radical (unpaired) electrons. The number of hydrogen-bond acceptors (Lipinski definition) is 4. The summed E-state index contributed by atoms with van der Waals surface area (Å²) in [6.07, 6.45) is -0.301. The highest BCUT2D eigenvalue weighted by molar-refractivity contribution is 5.85. The Morgan fingerprint density at radius 2 is 1.91 bits per heavy atom. The lowest BCUT2D eigenvalue weighted by Gasteiger charge is -2.40. The van der Waals surface area contributed by atoms with Crippen LogP contribution in [0.4, 0.5) is 4.79 Å². The highest BCUT2D eigenvalue weighted by Gasteiger charge is 2.31. The van der Waals surface area contributed by atoms with E-state index in [2.05, 4.69) is 17.0 Å². The summed E-state index contributed by atoms with van der Waals surface area (Å²) in [6, 6.07) is 10.1. The van der Waals surface area contributed by atoms with Crippen LogP contribution in [0, 0.1) is 0 Å². The number of carbonyl (C=O) groups is 1. The van der Waals surface area contributed by atoms with Gasteiger partial charge in [-0.2, -0.15) is 0 Å². The molecule has 2 rings (SSSR count). The molecule has 1 saturated heterocycles. The van der Waals surface area contributed by atoms with Crippen molar-refractivity contribution in [2.45, 2.75) is 39.0 Å². The number of amides is 1. The second-order valence-electron chi connectivity index (χ2n) is 6.72. The van der Waals surface area contributed by atoms with E-state index in [-0.39, 0.29) is 31.1 Å². The van der Waals surface area contributed by atoms with Crippen molar-refractivity contribution in [3.8, 4) is 0 Å². The second kappa shape index (κ2) is 8.52. The van der Waals surface area contributed by atoms with E-state index in [1.54, 1.807) is 4.90 Å². The van der Waals surface area contributed by atoms with E-state index < -0.39 is 5.60 Å². The van der Waals surface area contributed by atoms with Crippen LogP contribution in [0.15, 0.2) is 30.3 Å². The molecule has 1 heterocycles. The number of aliphatic hydroxyl groups excluding tert-OH is 1. The van der Waals surface area contributed by atoms with Gasteiger partial charge in [-0.05, 0) is 26.3 Å². The molecule has 0 saturated carbocycles. The van der Waals surface area contributed by atoms with Gasteiger partial charge in [-0.15, -0.1) is 12.4 Å². The summed E-state index contributed by atoms with van der Waals surface area (Å²) in [6.45, 7) is 8.26. The smallest absolute Gasteiger partial charge is 0.410 e. The first kappa shape index (κ1) is 19.7. The van der Waals surface area contributed by atoms with Gasteiger partial charge in [0.2, 0.25) is 0 Å². The third-order valence-electron chi connectivity index (χ3n) is 3.70. The minimum absolute atomic E-state index is 0. The molecule has 0 bridgehead atoms. The zero-order valence-corrected chi connectivity index (χ0v) is 14.9. The Kier molecular flexibility index (Phi) is 7.32. The average Bonchev–Trinajstić information content (AvgIpc) is 2.47. The lowest BCUT2D eigenvalue weighted by molar-refractivity contribution is -0.00609. The monoisotopic (exact) mass is 342 g/mol. The maximum absolute atomic E-state index is 12.1. The van der Waals surface area contributed by atoms with E-state index in [4.69, 9.17) is 4.74 Å². The maximum Gasteiger partial charge on any atom is 0.410 e. The van der Waals surface area contributed by atoms with Crippen molar-refractivity contribution in [1.29, 1.82) is 0 Å². The fourth-order valence-electron chi connectivity index (χ4n) is 2.58. The number of benzene rings is 1. The molecular weight excluding hydrogens is 316 g/mol. The van der Waals surface area contributed by atoms with Crippen molar-refractivity contribution >= 4 is 18.5 Å². The van der Waals surface area contributed by atoms with Crippen LogP contribution in [-0.4, -0.2) is 58.9 Å². The predicted molar refractivity (Wildman–Crippen MR) is 92.8 cm³/mol. The highest BCUT2D eigenvalue weighted by Crippen LogP contribution is 2.17. The molecule has 1 amide bonds. The van der Waals surface area contributed by atoms with Gasteiger partial charge in [0.15, 0.2) is 0 Å². The molecule has 1 aliphatic heterocycles. The number of carbonyl (C=O) groups excluding carboxylic acids is 1. The Bertz CT molecular complexity index is 490. The average molecular weight is 343 g/mol. The number of ether oxygens (including phenoxy) is 1. The van der Waals surface area contributed by atoms with Gasteiger partial charge in [0.1, 0.15) is 5.60 Å². The third-order valence-corrected chi connectivity index (χ3v) is 3.70. The minimum Gasteiger partial charge on any atom is -0.444 e. The Morgan fingerprint density at radius 3 is 2.48 bits per heavy atom. The molecule has 1 aliphatic rings. The third kappa shape index (κ3) is 6.01. The molecule has 1 fully saturated rings. The van der Waals surface area contributed by atoms with Crippen LogP contribution in [0.5, 0.6) is 0 Å². The van der Waals surface area contributed by atoms with Crippen molar-refractivity contribution in [1.82, 2.24) is 9.80 Å². The summed E-state index contributed by atoms with van der Waals surface area (Å²) in [5, 5.41) is 9.65. The van der Waals surface area contributed by atoms with Crippen LogP contribution in [0.1, 0.15) is 26.3 Å². The van der Waals surface area contributed by atoms with Crippen molar-refractivity contribution in [3.05, 3.63) is 35.9 Å². The molecule has 0 spiro atoms. The van der Waals surface area contributed by atoms with Crippen LogP contribution in [0.3, 0.4) is 0 Å². The van der Waals surface area contributed by atoms with E-state index in [9.17, 15) is 9.90 Å². The molecule has 0 aromatic heterocycles. The maximum atomic E-state index is 12.1. The Balaban J connectivity index is 0.00000264. The van der Waals surface area contributed by atoms with Gasteiger partial charge >= 0.3 is 6.09 Å². The molecule has 1 atom stereocenters. The molecule has 130 valence electrons. The second-order valence-corrected chi connectivity index (χ2v) is 6.72. The molecule has 6 heteroatoms. The van der Waals surface area contributed by atoms with E-state index in [0.717, 1.165) is 13.1 Å². The molecule has 0 unspecified atom stereocenters. The van der Waals surface area contributed by atoms with Gasteiger partial charge in [0.05, 0.1) is 12.6 Å². The highest BCUT2D eigenvalue weighted by atomic mass is 35.5. The largest absolute Gasteiger partial charge is 0.444 e. The molecule has 23 heavy (non-hydrogen) atoms. The fraction of sp³-hybridized carbons (Fsp3) is 0.588. The van der Waals surface area contributed by atoms with Gasteiger partial charge in [0, 0.05) is 26.2 Å². The Labute approximate surface area is 144 Å². The van der Waals surface area contributed by atoms with Crippen molar-refractivity contribution in [3.63, 3.8) is 0 Å². The molecule has 5 nitrogen and oxygen atoms in total. The van der Waals surface area contributed by atoms with Gasteiger partial charge < -0.3 is 14.7 Å². The number of hydrogen-bond donors (Lipinski definition) is 1. The van der Waals surface area contributed by atoms with Crippen molar-refractivity contribution in [2.75, 3.05) is 26.2 Å². The number of rotatable bonds is 3. The lowest BCUT2D eigenvalue weighted by Crippen LogP contribution is -2.56. The molecule has 1 N–H and O–H groups in total. The van der Waals surface area contributed by atoms with E-state index in [0.29, 0.717) is 13.1 Å². The first-order valence-electron chi connectivity index (χ1n) is 7.76. The minimum atomic E-state index is -0.493. The van der Waals surface area contributed by atoms with Crippen LogP contribution in [0.2, 0.25) is 0 Å². The van der Waals surface area contributed by atoms with Crippen LogP contribution in [0.25, 0.3) is 0 Å². The first-order valence-corrected chi connectivity index (χ1v) is 7.76. The number of nitrogens with zero attached hydrogens (tertiary/aromatic N) is 2. The molecule has 0 aliphatic carbocycles. The number of aliphatic hydroxyl groups is 1. The Hall–Kier alpha value is -1.30. The summed E-state index contributed by atoms with van der Waals surface area (Å²) in [7, 11) is 0. The van der Waals surface area contributed by atoms with E-state index in [1.807, 2.05) is 39.0 Å². The van der Waals surface area contributed by atoms with Gasteiger partial charge in [-0.25, -0.2) is 4.79 Å². The van der Waals surface area contributed by atoms with Gasteiger partial charge in [0.25, 0.3) is 0 Å². The Morgan fingerprint density at radius 1 is 1.26 bits per heavy atom. The van der Waals surface area contributed by atoms with Crippen LogP contribution >= 0.6 is 12.4 Å². The lowest BCUT2D eigenvalue weighted by atomic mass is 10.1. The standard InChI is InChI=1S/C17H26N2O3.ClH/c1-17(2,3)22-16(21)19-10-9-18(15(12-19)13-20)11-14-7-5-4-6-8-14;/h4-8,15,20H,9-13H2,1-3H3;1H/t15-;/m0./s1. The fourth-order valence-corrected chi connectivity index (χ4v) is 2.58. The quantitative estimate of drug-likeness (QED) is 0.917. The summed E-state index contributed by atoms with van der Waals surface area (Å²) >= 11 is 0. The van der Waals surface area contributed by atoms with Gasteiger partial charge in [-0.1, -0.05) is 30.3 Å². The number of halogens is 1. The predicted octanol–water partition coefficient (Wildman–Crippen LogP) is 2.52. The van der Waals surface area contributed by atoms with Crippen molar-refractivity contribution in [2.24, 2.45) is 0 Å². The van der Waals surface area contributed by atoms with Crippen LogP contribution in [-0.2, 0) is 11.3 Å².